The fraction of sp³-hybridized carbons (Fsp3) is 0.500. The standard InChI is InChI=1S/C2H6N2O2.C2H4O2/c3-1(4)2(5)6;1-2(3)4/h1H,3-4H2,(H,5,6);1H3,(H,3,4). The minimum absolute atomic E-state index is 0.833. The average Bonchev–Trinajstić information content (AvgIpc) is 1.63. The molecular formula is C4H10N2O4. The summed E-state index contributed by atoms with van der Waals surface area (Å²) < 4.78 is 0. The molecule has 0 atom stereocenters. The van der Waals surface area contributed by atoms with E-state index in [4.69, 9.17) is 15.0 Å². The minimum Gasteiger partial charge on any atom is -0.481 e. The van der Waals surface area contributed by atoms with Gasteiger partial charge < -0.3 is 21.7 Å². The molecule has 0 aliphatic carbocycles. The molecule has 0 aromatic carbocycles. The van der Waals surface area contributed by atoms with Crippen LogP contribution in [0.1, 0.15) is 6.92 Å². The maximum Gasteiger partial charge on any atom is 0.335 e. The van der Waals surface area contributed by atoms with E-state index in [2.05, 4.69) is 11.5 Å². The summed E-state index contributed by atoms with van der Waals surface area (Å²) in [5.41, 5.74) is 9.23. The van der Waals surface area contributed by atoms with E-state index < -0.39 is 18.1 Å². The Bertz CT molecular complexity index is 118. The first kappa shape index (κ1) is 11.6. The lowest BCUT2D eigenvalue weighted by Gasteiger charge is -1.90. The zero-order valence-electron chi connectivity index (χ0n) is 5.44. The summed E-state index contributed by atoms with van der Waals surface area (Å²) in [4.78, 5) is 18.4. The van der Waals surface area contributed by atoms with Crippen LogP contribution in [0.25, 0.3) is 0 Å². The van der Waals surface area contributed by atoms with E-state index in [1.807, 2.05) is 0 Å². The first-order valence-corrected chi connectivity index (χ1v) is 2.31. The van der Waals surface area contributed by atoms with Gasteiger partial charge in [0.1, 0.15) is 0 Å². The van der Waals surface area contributed by atoms with Gasteiger partial charge in [-0.25, -0.2) is 4.79 Å². The lowest BCUT2D eigenvalue weighted by atomic mass is 10.6. The Labute approximate surface area is 57.4 Å². The van der Waals surface area contributed by atoms with Crippen LogP contribution < -0.4 is 11.5 Å². The number of carboxylic acid groups (broad SMARTS) is 2. The SMILES string of the molecule is CC(=O)O.NC(N)C(=O)O. The smallest absolute Gasteiger partial charge is 0.335 e. The monoisotopic (exact) mass is 150 g/mol. The van der Waals surface area contributed by atoms with E-state index in [0.29, 0.717) is 0 Å². The molecule has 0 aromatic heterocycles. The van der Waals surface area contributed by atoms with Gasteiger partial charge in [0.2, 0.25) is 0 Å². The van der Waals surface area contributed by atoms with Crippen LogP contribution in [0.4, 0.5) is 0 Å². The summed E-state index contributed by atoms with van der Waals surface area (Å²) in [7, 11) is 0. The molecule has 0 bridgehead atoms. The Balaban J connectivity index is 0. The summed E-state index contributed by atoms with van der Waals surface area (Å²) in [6, 6.07) is 0. The number of nitrogens with two attached hydrogens (primary N) is 2. The van der Waals surface area contributed by atoms with Crippen molar-refractivity contribution in [2.45, 2.75) is 13.1 Å². The molecule has 60 valence electrons. The highest BCUT2D eigenvalue weighted by Gasteiger charge is 1.99. The summed E-state index contributed by atoms with van der Waals surface area (Å²) >= 11 is 0. The lowest BCUT2D eigenvalue weighted by Crippen LogP contribution is -2.38. The molecule has 0 rings (SSSR count). The minimum atomic E-state index is -1.23. The molecule has 6 nitrogen and oxygen atoms in total. The van der Waals surface area contributed by atoms with Crippen LogP contribution in [0.2, 0.25) is 0 Å². The highest BCUT2D eigenvalue weighted by atomic mass is 16.4. The first-order valence-electron chi connectivity index (χ1n) is 2.31. The second-order valence-corrected chi connectivity index (χ2v) is 1.38. The molecule has 0 amide bonds. The third-order valence-corrected chi connectivity index (χ3v) is 0.285. The second kappa shape index (κ2) is 5.99. The average molecular weight is 150 g/mol. The Morgan fingerprint density at radius 1 is 1.30 bits per heavy atom. The lowest BCUT2D eigenvalue weighted by molar-refractivity contribution is -0.138. The predicted molar refractivity (Wildman–Crippen MR) is 33.1 cm³/mol. The van der Waals surface area contributed by atoms with E-state index in [1.54, 1.807) is 0 Å². The molecule has 0 aromatic rings. The van der Waals surface area contributed by atoms with Crippen molar-refractivity contribution < 1.29 is 19.8 Å². The molecule has 0 spiro atoms. The van der Waals surface area contributed by atoms with Gasteiger partial charge in [-0.1, -0.05) is 0 Å². The number of rotatable bonds is 1. The maximum atomic E-state index is 9.45. The molecule has 0 unspecified atom stereocenters. The predicted octanol–water partition coefficient (Wildman–Crippen LogP) is -1.59. The van der Waals surface area contributed by atoms with E-state index >= 15 is 0 Å². The van der Waals surface area contributed by atoms with Gasteiger partial charge in [-0.3, -0.25) is 4.79 Å². The molecule has 0 heterocycles. The fourth-order valence-electron chi connectivity index (χ4n) is 0. The van der Waals surface area contributed by atoms with Gasteiger partial charge in [0, 0.05) is 6.92 Å². The normalized spacial score (nSPS) is 8.00. The van der Waals surface area contributed by atoms with Crippen molar-refractivity contribution in [1.29, 1.82) is 0 Å². The van der Waals surface area contributed by atoms with Crippen molar-refractivity contribution in [3.05, 3.63) is 0 Å². The van der Waals surface area contributed by atoms with Gasteiger partial charge in [0.05, 0.1) is 0 Å². The van der Waals surface area contributed by atoms with Crippen LogP contribution in [-0.2, 0) is 9.59 Å². The number of hydrogen-bond donors (Lipinski definition) is 4. The van der Waals surface area contributed by atoms with Crippen molar-refractivity contribution >= 4 is 11.9 Å². The summed E-state index contributed by atoms with van der Waals surface area (Å²) in [5.74, 6) is -2.02. The Hall–Kier alpha value is -1.14. The Kier molecular flexibility index (Phi) is 6.96. The van der Waals surface area contributed by atoms with Crippen LogP contribution >= 0.6 is 0 Å². The topological polar surface area (TPSA) is 127 Å². The Morgan fingerprint density at radius 3 is 1.40 bits per heavy atom. The molecule has 6 N–H and O–H groups in total. The van der Waals surface area contributed by atoms with Crippen LogP contribution in [0.15, 0.2) is 0 Å². The van der Waals surface area contributed by atoms with Crippen LogP contribution in [0.5, 0.6) is 0 Å². The second-order valence-electron chi connectivity index (χ2n) is 1.38. The van der Waals surface area contributed by atoms with Gasteiger partial charge >= 0.3 is 5.97 Å². The molecule has 6 heteroatoms. The molecular weight excluding hydrogens is 140 g/mol. The number of carbonyl (C=O) groups is 2. The van der Waals surface area contributed by atoms with Crippen molar-refractivity contribution in [3.63, 3.8) is 0 Å². The summed E-state index contributed by atoms with van der Waals surface area (Å²) in [6.45, 7) is 1.08. The molecule has 0 saturated heterocycles. The number of hydrogen-bond acceptors (Lipinski definition) is 4. The number of carboxylic acids is 2. The van der Waals surface area contributed by atoms with Crippen molar-refractivity contribution in [3.8, 4) is 0 Å². The molecule has 0 fully saturated rings. The van der Waals surface area contributed by atoms with Crippen molar-refractivity contribution in [2.24, 2.45) is 11.5 Å². The molecule has 0 aliphatic heterocycles. The third-order valence-electron chi connectivity index (χ3n) is 0.285. The summed E-state index contributed by atoms with van der Waals surface area (Å²) in [6.07, 6.45) is -1.23. The highest BCUT2D eigenvalue weighted by molar-refractivity contribution is 5.72. The van der Waals surface area contributed by atoms with Crippen molar-refractivity contribution in [2.75, 3.05) is 0 Å². The molecule has 0 saturated carbocycles. The van der Waals surface area contributed by atoms with Crippen LogP contribution in [0.3, 0.4) is 0 Å². The third kappa shape index (κ3) is 28.8. The number of aliphatic carboxylic acids is 2. The molecule has 10 heavy (non-hydrogen) atoms. The first-order chi connectivity index (χ1) is 4.37. The van der Waals surface area contributed by atoms with Crippen molar-refractivity contribution in [1.82, 2.24) is 0 Å². The van der Waals surface area contributed by atoms with Crippen LogP contribution in [0, 0.1) is 0 Å². The highest BCUT2D eigenvalue weighted by Crippen LogP contribution is 1.56. The summed E-state index contributed by atoms with van der Waals surface area (Å²) in [5, 5.41) is 15.2. The van der Waals surface area contributed by atoms with E-state index in [9.17, 15) is 4.79 Å². The zero-order valence-corrected chi connectivity index (χ0v) is 5.44. The molecule has 0 radical (unpaired) electrons. The quantitative estimate of drug-likeness (QED) is 0.333. The van der Waals surface area contributed by atoms with Gasteiger partial charge in [0.15, 0.2) is 6.17 Å². The largest absolute Gasteiger partial charge is 0.481 e. The zero-order chi connectivity index (χ0) is 8.73. The van der Waals surface area contributed by atoms with Crippen LogP contribution in [-0.4, -0.2) is 28.3 Å². The van der Waals surface area contributed by atoms with Gasteiger partial charge in [-0.2, -0.15) is 0 Å². The van der Waals surface area contributed by atoms with E-state index in [-0.39, 0.29) is 0 Å². The van der Waals surface area contributed by atoms with E-state index in [1.165, 1.54) is 0 Å². The van der Waals surface area contributed by atoms with E-state index in [0.717, 1.165) is 6.92 Å². The van der Waals surface area contributed by atoms with Gasteiger partial charge in [0.25, 0.3) is 5.97 Å². The maximum absolute atomic E-state index is 9.45. The Morgan fingerprint density at radius 2 is 1.40 bits per heavy atom. The van der Waals surface area contributed by atoms with Gasteiger partial charge in [-0.05, 0) is 0 Å². The fourth-order valence-corrected chi connectivity index (χ4v) is 0. The van der Waals surface area contributed by atoms with Gasteiger partial charge in [-0.15, -0.1) is 0 Å². The molecule has 0 aliphatic rings.